The highest BCUT2D eigenvalue weighted by Gasteiger charge is 2.33. The van der Waals surface area contributed by atoms with Gasteiger partial charge in [-0.15, -0.1) is 0 Å². The molecule has 20 heavy (non-hydrogen) atoms. The molecule has 0 fully saturated rings. The molecule has 0 radical (unpaired) electrons. The van der Waals surface area contributed by atoms with Crippen LogP contribution in [0.4, 0.5) is 13.2 Å². The van der Waals surface area contributed by atoms with Gasteiger partial charge in [-0.25, -0.2) is 13.2 Å². The Morgan fingerprint density at radius 1 is 1.25 bits per heavy atom. The molecule has 0 saturated heterocycles. The van der Waals surface area contributed by atoms with Crippen molar-refractivity contribution in [1.82, 2.24) is 0 Å². The highest BCUT2D eigenvalue weighted by Crippen LogP contribution is 2.31. The van der Waals surface area contributed by atoms with E-state index in [1.54, 1.807) is 6.92 Å². The molecule has 1 rings (SSSR count). The van der Waals surface area contributed by atoms with Crippen molar-refractivity contribution >= 4 is 0 Å². The topological polar surface area (TPSA) is 29.5 Å². The fourth-order valence-corrected chi connectivity index (χ4v) is 1.84. The summed E-state index contributed by atoms with van der Waals surface area (Å²) in [7, 11) is 0. The second-order valence-corrected chi connectivity index (χ2v) is 5.22. The SMILES string of the molecule is CCC(C)OC(C)[C@](C)(O)c1cc(F)cc(C(F)F)c1. The van der Waals surface area contributed by atoms with Gasteiger partial charge in [0.15, 0.2) is 0 Å². The molecule has 0 spiro atoms. The quantitative estimate of drug-likeness (QED) is 0.852. The Morgan fingerprint density at radius 2 is 1.85 bits per heavy atom. The first-order valence-corrected chi connectivity index (χ1v) is 6.65. The molecular weight excluding hydrogens is 269 g/mol. The van der Waals surface area contributed by atoms with Gasteiger partial charge in [-0.2, -0.15) is 0 Å². The van der Waals surface area contributed by atoms with Crippen LogP contribution in [0.1, 0.15) is 51.7 Å². The minimum atomic E-state index is -2.79. The molecule has 0 aliphatic carbocycles. The largest absolute Gasteiger partial charge is 0.383 e. The molecule has 3 atom stereocenters. The Balaban J connectivity index is 3.07. The van der Waals surface area contributed by atoms with Crippen LogP contribution in [0, 0.1) is 5.82 Å². The van der Waals surface area contributed by atoms with E-state index in [0.29, 0.717) is 0 Å². The molecule has 0 aliphatic rings. The summed E-state index contributed by atoms with van der Waals surface area (Å²) >= 11 is 0. The Bertz CT molecular complexity index is 447. The third-order valence-corrected chi connectivity index (χ3v) is 3.56. The highest BCUT2D eigenvalue weighted by molar-refractivity contribution is 5.30. The predicted octanol–water partition coefficient (Wildman–Crippen LogP) is 4.17. The van der Waals surface area contributed by atoms with Crippen LogP contribution >= 0.6 is 0 Å². The Morgan fingerprint density at radius 3 is 2.35 bits per heavy atom. The average Bonchev–Trinajstić information content (AvgIpc) is 2.37. The van der Waals surface area contributed by atoms with E-state index >= 15 is 0 Å². The predicted molar refractivity (Wildman–Crippen MR) is 71.2 cm³/mol. The zero-order chi connectivity index (χ0) is 15.5. The Kier molecular flexibility index (Phi) is 5.59. The number of rotatable bonds is 6. The zero-order valence-corrected chi connectivity index (χ0v) is 12.2. The molecule has 0 bridgehead atoms. The van der Waals surface area contributed by atoms with E-state index in [1.165, 1.54) is 6.92 Å². The van der Waals surface area contributed by atoms with Gasteiger partial charge in [0.05, 0.1) is 12.2 Å². The fraction of sp³-hybridized carbons (Fsp3) is 0.600. The molecule has 0 saturated carbocycles. The van der Waals surface area contributed by atoms with E-state index in [0.717, 1.165) is 24.6 Å². The van der Waals surface area contributed by atoms with Crippen LogP contribution in [0.25, 0.3) is 0 Å². The second kappa shape index (κ2) is 6.59. The first-order valence-electron chi connectivity index (χ1n) is 6.65. The van der Waals surface area contributed by atoms with E-state index in [1.807, 2.05) is 13.8 Å². The van der Waals surface area contributed by atoms with Gasteiger partial charge < -0.3 is 9.84 Å². The van der Waals surface area contributed by atoms with Gasteiger partial charge in [0.25, 0.3) is 6.43 Å². The maximum atomic E-state index is 13.4. The summed E-state index contributed by atoms with van der Waals surface area (Å²) in [5.41, 5.74) is -1.91. The molecule has 0 heterocycles. The van der Waals surface area contributed by atoms with Crippen molar-refractivity contribution in [3.05, 3.63) is 35.1 Å². The third-order valence-electron chi connectivity index (χ3n) is 3.56. The van der Waals surface area contributed by atoms with Gasteiger partial charge >= 0.3 is 0 Å². The number of hydrogen-bond donors (Lipinski definition) is 1. The summed E-state index contributed by atoms with van der Waals surface area (Å²) in [6.45, 7) is 6.86. The second-order valence-electron chi connectivity index (χ2n) is 5.22. The summed E-state index contributed by atoms with van der Waals surface area (Å²) in [5, 5.41) is 10.5. The van der Waals surface area contributed by atoms with Crippen molar-refractivity contribution in [2.24, 2.45) is 0 Å². The van der Waals surface area contributed by atoms with Crippen molar-refractivity contribution in [2.45, 2.75) is 58.4 Å². The molecule has 1 N–H and O–H groups in total. The summed E-state index contributed by atoms with van der Waals surface area (Å²) in [5.74, 6) is -0.797. The lowest BCUT2D eigenvalue weighted by Gasteiger charge is -2.33. The number of alkyl halides is 2. The maximum Gasteiger partial charge on any atom is 0.263 e. The maximum absolute atomic E-state index is 13.4. The van der Waals surface area contributed by atoms with E-state index in [9.17, 15) is 18.3 Å². The number of aliphatic hydroxyl groups is 1. The zero-order valence-electron chi connectivity index (χ0n) is 12.2. The van der Waals surface area contributed by atoms with Crippen LogP contribution in [0.2, 0.25) is 0 Å². The lowest BCUT2D eigenvalue weighted by atomic mass is 9.89. The molecule has 1 aromatic rings. The molecule has 1 aromatic carbocycles. The van der Waals surface area contributed by atoms with Crippen LogP contribution in [-0.2, 0) is 10.3 Å². The van der Waals surface area contributed by atoms with E-state index in [-0.39, 0.29) is 11.7 Å². The van der Waals surface area contributed by atoms with Gasteiger partial charge in [0, 0.05) is 5.56 Å². The number of hydrogen-bond acceptors (Lipinski definition) is 2. The molecule has 0 aromatic heterocycles. The summed E-state index contributed by atoms with van der Waals surface area (Å²) < 4.78 is 44.4. The first-order chi connectivity index (χ1) is 9.18. The van der Waals surface area contributed by atoms with Gasteiger partial charge in [0.2, 0.25) is 0 Å². The van der Waals surface area contributed by atoms with Gasteiger partial charge in [-0.1, -0.05) is 6.92 Å². The van der Waals surface area contributed by atoms with Crippen LogP contribution in [0.3, 0.4) is 0 Å². The van der Waals surface area contributed by atoms with Crippen molar-refractivity contribution in [2.75, 3.05) is 0 Å². The minimum Gasteiger partial charge on any atom is -0.383 e. The Hall–Kier alpha value is -1.07. The minimum absolute atomic E-state index is 0.0837. The Labute approximate surface area is 117 Å². The van der Waals surface area contributed by atoms with Crippen LogP contribution < -0.4 is 0 Å². The van der Waals surface area contributed by atoms with Crippen molar-refractivity contribution < 1.29 is 23.0 Å². The van der Waals surface area contributed by atoms with Crippen LogP contribution in [-0.4, -0.2) is 17.3 Å². The van der Waals surface area contributed by atoms with Gasteiger partial charge in [-0.05, 0) is 51.0 Å². The molecule has 2 nitrogen and oxygen atoms in total. The monoisotopic (exact) mass is 290 g/mol. The van der Waals surface area contributed by atoms with Crippen molar-refractivity contribution in [1.29, 1.82) is 0 Å². The normalized spacial score (nSPS) is 17.9. The average molecular weight is 290 g/mol. The molecule has 2 unspecified atom stereocenters. The molecule has 0 aliphatic heterocycles. The summed E-state index contributed by atoms with van der Waals surface area (Å²) in [4.78, 5) is 0. The number of halogens is 3. The molecule has 0 amide bonds. The number of benzene rings is 1. The molecule has 5 heteroatoms. The standard InChI is InChI=1S/C15H21F3O2/c1-5-9(2)20-10(3)15(4,19)12-6-11(14(17)18)7-13(16)8-12/h6-10,14,19H,5H2,1-4H3/t9?,10?,15-/m0/s1. The van der Waals surface area contributed by atoms with Crippen LogP contribution in [0.5, 0.6) is 0 Å². The highest BCUT2D eigenvalue weighted by atomic mass is 19.3. The van der Waals surface area contributed by atoms with E-state index in [2.05, 4.69) is 0 Å². The summed E-state index contributed by atoms with van der Waals surface area (Å²) in [6.07, 6.45) is -2.76. The number of ether oxygens (including phenoxy) is 1. The van der Waals surface area contributed by atoms with E-state index < -0.39 is 29.5 Å². The van der Waals surface area contributed by atoms with Gasteiger partial charge in [0.1, 0.15) is 11.4 Å². The summed E-state index contributed by atoms with van der Waals surface area (Å²) in [6, 6.07) is 2.94. The lowest BCUT2D eigenvalue weighted by molar-refractivity contribution is -0.119. The van der Waals surface area contributed by atoms with Crippen molar-refractivity contribution in [3.63, 3.8) is 0 Å². The molecule has 114 valence electrons. The van der Waals surface area contributed by atoms with Crippen LogP contribution in [0.15, 0.2) is 18.2 Å². The third kappa shape index (κ3) is 3.96. The lowest BCUT2D eigenvalue weighted by Crippen LogP contribution is -2.38. The van der Waals surface area contributed by atoms with Gasteiger partial charge in [-0.3, -0.25) is 0 Å². The fourth-order valence-electron chi connectivity index (χ4n) is 1.84. The first kappa shape index (κ1) is 17.0. The van der Waals surface area contributed by atoms with Crippen molar-refractivity contribution in [3.8, 4) is 0 Å². The smallest absolute Gasteiger partial charge is 0.263 e. The molecular formula is C15H21F3O2. The van der Waals surface area contributed by atoms with E-state index in [4.69, 9.17) is 4.74 Å².